The molecule has 0 spiro atoms. The molecule has 1 rings (SSSR count). The molecule has 0 nitrogen and oxygen atoms in total. The third kappa shape index (κ3) is 1.03. The lowest BCUT2D eigenvalue weighted by Gasteiger charge is -1.84. The lowest BCUT2D eigenvalue weighted by molar-refractivity contribution is 1.53. The Morgan fingerprint density at radius 2 is 1.75 bits per heavy atom. The normalized spacial score (nSPS) is 9.00. The number of benzene rings is 1. The van der Waals surface area contributed by atoms with Crippen molar-refractivity contribution >= 4 is 0 Å². The highest BCUT2D eigenvalue weighted by Gasteiger charge is 1.86. The Balaban J connectivity index is 2.83. The van der Waals surface area contributed by atoms with Crippen LogP contribution in [-0.2, 0) is 0 Å². The summed E-state index contributed by atoms with van der Waals surface area (Å²) < 4.78 is 0. The Hall–Kier alpha value is -0.910. The highest BCUT2D eigenvalue weighted by atomic mass is 13.9. The first kappa shape index (κ1) is 5.23. The Bertz CT molecular complexity index is 141. The van der Waals surface area contributed by atoms with Crippen LogP contribution < -0.4 is 0 Å². The molecule has 0 aliphatic heterocycles. The number of rotatable bonds is 1. The minimum atomic E-state index is 1.17. The van der Waals surface area contributed by atoms with Gasteiger partial charge in [0.25, 0.3) is 0 Å². The van der Waals surface area contributed by atoms with Crippen molar-refractivity contribution in [3.05, 3.63) is 49.2 Å². The van der Waals surface area contributed by atoms with E-state index in [1.54, 1.807) is 0 Å². The van der Waals surface area contributed by atoms with E-state index in [1.807, 2.05) is 36.8 Å². The Morgan fingerprint density at radius 3 is 2.12 bits per heavy atom. The molecule has 1 aromatic rings. The van der Waals surface area contributed by atoms with Crippen LogP contribution in [0.1, 0.15) is 5.56 Å². The van der Waals surface area contributed by atoms with Crippen LogP contribution in [0.3, 0.4) is 0 Å². The Morgan fingerprint density at radius 1 is 1.12 bits per heavy atom. The predicted molar refractivity (Wildman–Crippen MR) is 35.2 cm³/mol. The molecule has 0 saturated carbocycles. The van der Waals surface area contributed by atoms with Gasteiger partial charge >= 0.3 is 0 Å². The molecular formula is C8H8+. The lowest BCUT2D eigenvalue weighted by Crippen LogP contribution is -1.71. The summed E-state index contributed by atoms with van der Waals surface area (Å²) in [6, 6.07) is 10.0. The van der Waals surface area contributed by atoms with Crippen LogP contribution in [0.25, 0.3) is 0 Å². The predicted octanol–water partition coefficient (Wildman–Crippen LogP) is 2.07. The van der Waals surface area contributed by atoms with E-state index in [-0.39, 0.29) is 0 Å². The molecule has 39 valence electrons. The molecule has 1 aromatic carbocycles. The molecule has 0 heterocycles. The second-order valence-corrected chi connectivity index (χ2v) is 1.61. The minimum Gasteiger partial charge on any atom is -0.0622 e. The molecule has 0 N–H and O–H groups in total. The van der Waals surface area contributed by atoms with Gasteiger partial charge in [0.15, 0.2) is 6.42 Å². The van der Waals surface area contributed by atoms with Crippen molar-refractivity contribution in [3.8, 4) is 0 Å². The Kier molecular flexibility index (Phi) is 1.58. The first-order chi connectivity index (χ1) is 3.93. The van der Waals surface area contributed by atoms with E-state index >= 15 is 0 Å². The van der Waals surface area contributed by atoms with Crippen LogP contribution in [0.15, 0.2) is 30.3 Å². The smallest absolute Gasteiger partial charge is 0.0622 e. The van der Waals surface area contributed by atoms with Gasteiger partial charge in [-0.1, -0.05) is 30.3 Å². The zero-order chi connectivity index (χ0) is 5.82. The summed E-state index contributed by atoms with van der Waals surface area (Å²) in [6.07, 6.45) is 1.83. The second-order valence-electron chi connectivity index (χ2n) is 1.61. The average molecular weight is 104 g/mol. The van der Waals surface area contributed by atoms with E-state index in [1.165, 1.54) is 5.56 Å². The first-order valence-corrected chi connectivity index (χ1v) is 2.61. The lowest BCUT2D eigenvalue weighted by atomic mass is 10.2. The molecule has 0 aliphatic carbocycles. The van der Waals surface area contributed by atoms with E-state index in [0.717, 1.165) is 0 Å². The highest BCUT2D eigenvalue weighted by molar-refractivity contribution is 5.22. The first-order valence-electron chi connectivity index (χ1n) is 2.61. The summed E-state index contributed by atoms with van der Waals surface area (Å²) in [5, 5.41) is 0. The SMILES string of the molecule is [CH2+][CH]c1ccccc1. The van der Waals surface area contributed by atoms with Gasteiger partial charge in [-0.25, -0.2) is 0 Å². The molecule has 0 aromatic heterocycles. The molecule has 0 bridgehead atoms. The van der Waals surface area contributed by atoms with E-state index in [9.17, 15) is 0 Å². The largest absolute Gasteiger partial charge is 0.167 e. The van der Waals surface area contributed by atoms with Crippen molar-refractivity contribution in [2.75, 3.05) is 0 Å². The van der Waals surface area contributed by atoms with Gasteiger partial charge in [-0.05, 0) is 0 Å². The molecule has 8 heavy (non-hydrogen) atoms. The summed E-state index contributed by atoms with van der Waals surface area (Å²) in [4.78, 5) is 0. The topological polar surface area (TPSA) is 0 Å². The fourth-order valence-corrected chi connectivity index (χ4v) is 0.589. The van der Waals surface area contributed by atoms with Gasteiger partial charge in [0, 0.05) is 5.56 Å². The highest BCUT2D eigenvalue weighted by Crippen LogP contribution is 1.98. The number of hydrogen-bond donors (Lipinski definition) is 0. The fraction of sp³-hybridized carbons (Fsp3) is 0. The zero-order valence-electron chi connectivity index (χ0n) is 4.67. The van der Waals surface area contributed by atoms with Crippen LogP contribution in [0.2, 0.25) is 0 Å². The Labute approximate surface area is 50.2 Å². The fourth-order valence-electron chi connectivity index (χ4n) is 0.589. The van der Waals surface area contributed by atoms with Crippen molar-refractivity contribution < 1.29 is 0 Å². The number of hydrogen-bond acceptors (Lipinski definition) is 0. The molecule has 0 fully saturated rings. The molecule has 0 aliphatic rings. The quantitative estimate of drug-likeness (QED) is 0.478. The molecule has 0 heteroatoms. The maximum Gasteiger partial charge on any atom is 0.167 e. The van der Waals surface area contributed by atoms with E-state index < -0.39 is 0 Å². The van der Waals surface area contributed by atoms with Gasteiger partial charge in [-0.2, -0.15) is 0 Å². The van der Waals surface area contributed by atoms with Gasteiger partial charge in [-0.3, -0.25) is 0 Å². The summed E-state index contributed by atoms with van der Waals surface area (Å²) in [6.45, 7) is 3.63. The van der Waals surface area contributed by atoms with Crippen LogP contribution in [0, 0.1) is 13.3 Å². The van der Waals surface area contributed by atoms with Gasteiger partial charge in [0.1, 0.15) is 0 Å². The van der Waals surface area contributed by atoms with Gasteiger partial charge < -0.3 is 0 Å². The van der Waals surface area contributed by atoms with E-state index in [2.05, 4.69) is 6.92 Å². The molecular weight excluding hydrogens is 96.1 g/mol. The monoisotopic (exact) mass is 104 g/mol. The summed E-state index contributed by atoms with van der Waals surface area (Å²) in [5.74, 6) is 0. The van der Waals surface area contributed by atoms with E-state index in [4.69, 9.17) is 0 Å². The van der Waals surface area contributed by atoms with Crippen LogP contribution in [0.4, 0.5) is 0 Å². The maximum atomic E-state index is 3.63. The van der Waals surface area contributed by atoms with Crippen molar-refractivity contribution in [1.29, 1.82) is 0 Å². The molecule has 0 amide bonds. The van der Waals surface area contributed by atoms with Crippen molar-refractivity contribution in [2.24, 2.45) is 0 Å². The summed E-state index contributed by atoms with van der Waals surface area (Å²) in [7, 11) is 0. The molecule has 0 atom stereocenters. The third-order valence-corrected chi connectivity index (χ3v) is 1.04. The van der Waals surface area contributed by atoms with Gasteiger partial charge in [-0.15, -0.1) is 0 Å². The molecule has 0 unspecified atom stereocenters. The minimum absolute atomic E-state index is 1.17. The summed E-state index contributed by atoms with van der Waals surface area (Å²) >= 11 is 0. The van der Waals surface area contributed by atoms with Crippen molar-refractivity contribution in [2.45, 2.75) is 0 Å². The van der Waals surface area contributed by atoms with Crippen LogP contribution in [-0.4, -0.2) is 0 Å². The zero-order valence-corrected chi connectivity index (χ0v) is 4.67. The second kappa shape index (κ2) is 2.41. The van der Waals surface area contributed by atoms with Crippen molar-refractivity contribution in [3.63, 3.8) is 0 Å². The van der Waals surface area contributed by atoms with E-state index in [0.29, 0.717) is 0 Å². The molecule has 1 radical (unpaired) electrons. The maximum absolute atomic E-state index is 3.63. The van der Waals surface area contributed by atoms with Crippen LogP contribution >= 0.6 is 0 Å². The van der Waals surface area contributed by atoms with Gasteiger partial charge in [0.05, 0.1) is 6.92 Å². The average Bonchev–Trinajstić information content (AvgIpc) is 1.90. The summed E-state index contributed by atoms with van der Waals surface area (Å²) in [5.41, 5.74) is 1.17. The van der Waals surface area contributed by atoms with Gasteiger partial charge in [0.2, 0.25) is 0 Å². The van der Waals surface area contributed by atoms with Crippen LogP contribution in [0.5, 0.6) is 0 Å². The standard InChI is InChI=1S/C8H8/c1-2-8-6-4-3-5-7-8/h2-7H,1H2/q+1. The molecule has 0 saturated heterocycles. The third-order valence-electron chi connectivity index (χ3n) is 1.04. The van der Waals surface area contributed by atoms with Crippen molar-refractivity contribution in [1.82, 2.24) is 0 Å².